The Morgan fingerprint density at radius 1 is 1.67 bits per heavy atom. The van der Waals surface area contributed by atoms with Crippen LogP contribution in [0.15, 0.2) is 11.0 Å². The van der Waals surface area contributed by atoms with Gasteiger partial charge in [-0.1, -0.05) is 23.2 Å². The van der Waals surface area contributed by atoms with Crippen molar-refractivity contribution < 1.29 is 0 Å². The van der Waals surface area contributed by atoms with E-state index in [1.807, 2.05) is 6.07 Å². The van der Waals surface area contributed by atoms with E-state index in [4.69, 9.17) is 28.5 Å². The molecule has 0 aliphatic carbocycles. The average molecular weight is 247 g/mol. The van der Waals surface area contributed by atoms with Gasteiger partial charge in [-0.05, 0) is 7.05 Å². The largest absolute Gasteiger partial charge is 0.288 e. The number of nitriles is 1. The molecule has 1 aromatic heterocycles. The highest BCUT2D eigenvalue weighted by molar-refractivity contribution is 6.41. The van der Waals surface area contributed by atoms with Crippen LogP contribution in [0, 0.1) is 11.3 Å². The molecule has 5 nitrogen and oxygen atoms in total. The topological polar surface area (TPSA) is 61.9 Å². The summed E-state index contributed by atoms with van der Waals surface area (Å²) in [4.78, 5) is 13.1. The summed E-state index contributed by atoms with van der Waals surface area (Å²) < 4.78 is 1.14. The summed E-state index contributed by atoms with van der Waals surface area (Å²) in [6.45, 7) is 0.400. The summed E-state index contributed by atoms with van der Waals surface area (Å²) >= 11 is 11.3. The minimum atomic E-state index is -0.464. The Bertz CT molecular complexity index is 451. The van der Waals surface area contributed by atoms with E-state index in [9.17, 15) is 4.79 Å². The lowest BCUT2D eigenvalue weighted by Gasteiger charge is -2.13. The van der Waals surface area contributed by atoms with Gasteiger partial charge in [-0.25, -0.2) is 4.68 Å². The molecule has 0 N–H and O–H groups in total. The molecule has 1 aromatic rings. The lowest BCUT2D eigenvalue weighted by atomic mass is 10.5. The Labute approximate surface area is 96.4 Å². The first-order valence-corrected chi connectivity index (χ1v) is 4.78. The Kier molecular flexibility index (Phi) is 4.09. The number of aromatic nitrogens is 2. The average Bonchev–Trinajstić information content (AvgIpc) is 2.20. The van der Waals surface area contributed by atoms with E-state index in [1.165, 1.54) is 6.20 Å². The first-order chi connectivity index (χ1) is 7.06. The zero-order valence-electron chi connectivity index (χ0n) is 7.94. The predicted molar refractivity (Wildman–Crippen MR) is 56.8 cm³/mol. The van der Waals surface area contributed by atoms with E-state index in [1.54, 1.807) is 11.9 Å². The molecule has 0 bridgehead atoms. The van der Waals surface area contributed by atoms with Crippen molar-refractivity contribution in [1.82, 2.24) is 14.7 Å². The molecule has 0 aromatic carbocycles. The van der Waals surface area contributed by atoms with Gasteiger partial charge in [-0.15, -0.1) is 0 Å². The van der Waals surface area contributed by atoms with Gasteiger partial charge in [-0.2, -0.15) is 10.4 Å². The van der Waals surface area contributed by atoms with E-state index in [0.717, 1.165) is 4.68 Å². The number of hydrogen-bond acceptors (Lipinski definition) is 4. The fourth-order valence-electron chi connectivity index (χ4n) is 0.945. The fourth-order valence-corrected chi connectivity index (χ4v) is 1.22. The number of rotatable bonds is 3. The van der Waals surface area contributed by atoms with Gasteiger partial charge >= 0.3 is 0 Å². The van der Waals surface area contributed by atoms with Crippen LogP contribution in [0.5, 0.6) is 0 Å². The van der Waals surface area contributed by atoms with Gasteiger partial charge < -0.3 is 0 Å². The molecule has 0 aliphatic rings. The fraction of sp³-hybridized carbons (Fsp3) is 0.375. The van der Waals surface area contributed by atoms with Crippen molar-refractivity contribution in [2.24, 2.45) is 0 Å². The van der Waals surface area contributed by atoms with Crippen molar-refractivity contribution in [3.8, 4) is 6.07 Å². The monoisotopic (exact) mass is 246 g/mol. The molecule has 0 saturated heterocycles. The molecule has 0 aliphatic heterocycles. The van der Waals surface area contributed by atoms with Gasteiger partial charge in [0.15, 0.2) is 0 Å². The molecule has 1 rings (SSSR count). The quantitative estimate of drug-likeness (QED) is 0.746. The molecule has 0 saturated carbocycles. The molecule has 1 heterocycles. The van der Waals surface area contributed by atoms with Crippen molar-refractivity contribution >= 4 is 23.2 Å². The van der Waals surface area contributed by atoms with Crippen molar-refractivity contribution in [2.75, 3.05) is 13.6 Å². The third kappa shape index (κ3) is 2.93. The second-order valence-electron chi connectivity index (χ2n) is 2.92. The SMILES string of the molecule is CN(CC#N)Cn1ncc(Cl)c(Cl)c1=O. The van der Waals surface area contributed by atoms with Crippen LogP contribution in [0.25, 0.3) is 0 Å². The molecule has 0 amide bonds. The van der Waals surface area contributed by atoms with E-state index in [2.05, 4.69) is 5.10 Å². The smallest absolute Gasteiger partial charge is 0.274 e. The lowest BCUT2D eigenvalue weighted by Crippen LogP contribution is -2.32. The Balaban J connectivity index is 2.93. The van der Waals surface area contributed by atoms with Crippen LogP contribution >= 0.6 is 23.2 Å². The molecular weight excluding hydrogens is 239 g/mol. The summed E-state index contributed by atoms with van der Waals surface area (Å²) in [5.74, 6) is 0. The van der Waals surface area contributed by atoms with Crippen molar-refractivity contribution in [1.29, 1.82) is 5.26 Å². The Hall–Kier alpha value is -1.09. The van der Waals surface area contributed by atoms with E-state index >= 15 is 0 Å². The summed E-state index contributed by atoms with van der Waals surface area (Å²) in [5, 5.41) is 12.3. The van der Waals surface area contributed by atoms with Crippen molar-refractivity contribution in [3.05, 3.63) is 26.6 Å². The van der Waals surface area contributed by atoms with Crippen molar-refractivity contribution in [2.45, 2.75) is 6.67 Å². The van der Waals surface area contributed by atoms with Gasteiger partial charge in [0.25, 0.3) is 5.56 Å². The maximum Gasteiger partial charge on any atom is 0.288 e. The number of nitrogens with zero attached hydrogens (tertiary/aromatic N) is 4. The van der Waals surface area contributed by atoms with E-state index in [0.29, 0.717) is 0 Å². The van der Waals surface area contributed by atoms with Gasteiger partial charge in [0.05, 0.1) is 30.5 Å². The third-order valence-electron chi connectivity index (χ3n) is 1.66. The lowest BCUT2D eigenvalue weighted by molar-refractivity contribution is 0.274. The molecule has 7 heteroatoms. The first kappa shape index (κ1) is 12.0. The van der Waals surface area contributed by atoms with Gasteiger partial charge in [0, 0.05) is 0 Å². The highest BCUT2D eigenvalue weighted by Crippen LogP contribution is 2.14. The normalized spacial score (nSPS) is 10.3. The second-order valence-corrected chi connectivity index (χ2v) is 3.71. The van der Waals surface area contributed by atoms with Gasteiger partial charge in [0.2, 0.25) is 0 Å². The molecule has 80 valence electrons. The summed E-state index contributed by atoms with van der Waals surface area (Å²) in [6, 6.07) is 1.96. The molecule has 0 unspecified atom stereocenters. The van der Waals surface area contributed by atoms with Crippen LogP contribution in [0.4, 0.5) is 0 Å². The van der Waals surface area contributed by atoms with Crippen LogP contribution in [0.2, 0.25) is 10.0 Å². The Morgan fingerprint density at radius 3 is 2.93 bits per heavy atom. The molecule has 0 spiro atoms. The molecule has 15 heavy (non-hydrogen) atoms. The first-order valence-electron chi connectivity index (χ1n) is 4.03. The third-order valence-corrected chi connectivity index (χ3v) is 2.41. The van der Waals surface area contributed by atoms with Crippen LogP contribution < -0.4 is 5.56 Å². The summed E-state index contributed by atoms with van der Waals surface area (Å²) in [5.41, 5.74) is -0.464. The number of hydrogen-bond donors (Lipinski definition) is 0. The maximum absolute atomic E-state index is 11.5. The molecule has 0 radical (unpaired) electrons. The van der Waals surface area contributed by atoms with Crippen LogP contribution in [-0.4, -0.2) is 28.3 Å². The molecular formula is C8H8Cl2N4O. The summed E-state index contributed by atoms with van der Waals surface area (Å²) in [7, 11) is 1.69. The van der Waals surface area contributed by atoms with Crippen LogP contribution in [0.3, 0.4) is 0 Å². The molecule has 0 atom stereocenters. The molecule has 0 fully saturated rings. The minimum absolute atomic E-state index is 0.0583. The number of halogens is 2. The van der Waals surface area contributed by atoms with Gasteiger partial charge in [-0.3, -0.25) is 9.69 Å². The Morgan fingerprint density at radius 2 is 2.33 bits per heavy atom. The van der Waals surface area contributed by atoms with E-state index < -0.39 is 5.56 Å². The highest BCUT2D eigenvalue weighted by atomic mass is 35.5. The summed E-state index contributed by atoms with van der Waals surface area (Å²) in [6.07, 6.45) is 1.30. The maximum atomic E-state index is 11.5. The predicted octanol–water partition coefficient (Wildman–Crippen LogP) is 0.963. The van der Waals surface area contributed by atoms with Crippen LogP contribution in [0.1, 0.15) is 0 Å². The van der Waals surface area contributed by atoms with Crippen molar-refractivity contribution in [3.63, 3.8) is 0 Å². The van der Waals surface area contributed by atoms with Gasteiger partial charge in [0.1, 0.15) is 5.02 Å². The van der Waals surface area contributed by atoms with Crippen LogP contribution in [-0.2, 0) is 6.67 Å². The zero-order chi connectivity index (χ0) is 11.4. The minimum Gasteiger partial charge on any atom is -0.274 e. The second kappa shape index (κ2) is 5.12. The highest BCUT2D eigenvalue weighted by Gasteiger charge is 2.08. The standard InChI is InChI=1S/C8H8Cl2N4O/c1-13(3-2-11)5-14-8(15)7(10)6(9)4-12-14/h4H,3,5H2,1H3. The zero-order valence-corrected chi connectivity index (χ0v) is 9.46. The van der Waals surface area contributed by atoms with E-state index in [-0.39, 0.29) is 23.3 Å².